The monoisotopic (exact) mass is 210 g/mol. The lowest BCUT2D eigenvalue weighted by molar-refractivity contribution is 0.0690. The van der Waals surface area contributed by atoms with Crippen LogP contribution < -0.4 is 5.32 Å². The molecule has 3 N–H and O–H groups in total. The topological polar surface area (TPSA) is 82.5 Å². The van der Waals surface area contributed by atoms with Gasteiger partial charge in [0.05, 0.1) is 6.10 Å². The summed E-state index contributed by atoms with van der Waals surface area (Å²) in [6, 6.07) is 4.69. The number of carbonyl (C=O) groups is 1. The first-order valence-electron chi connectivity index (χ1n) is 4.75. The van der Waals surface area contributed by atoms with Gasteiger partial charge >= 0.3 is 5.97 Å². The van der Waals surface area contributed by atoms with E-state index in [1.165, 1.54) is 6.07 Å². The Morgan fingerprint density at radius 1 is 1.60 bits per heavy atom. The van der Waals surface area contributed by atoms with E-state index in [0.29, 0.717) is 18.8 Å². The number of nitrogens with zero attached hydrogens (tertiary/aromatic N) is 1. The highest BCUT2D eigenvalue weighted by Gasteiger charge is 2.05. The number of nitrogens with one attached hydrogen (secondary N) is 1. The fourth-order valence-electron chi connectivity index (χ4n) is 1.02. The molecule has 0 saturated heterocycles. The van der Waals surface area contributed by atoms with Crippen LogP contribution in [0.25, 0.3) is 0 Å². The van der Waals surface area contributed by atoms with Gasteiger partial charge in [-0.3, -0.25) is 0 Å². The van der Waals surface area contributed by atoms with Gasteiger partial charge in [-0.2, -0.15) is 0 Å². The molecule has 0 spiro atoms. The fraction of sp³-hybridized carbons (Fsp3) is 0.400. The predicted molar refractivity (Wildman–Crippen MR) is 56.0 cm³/mol. The largest absolute Gasteiger partial charge is 0.477 e. The molecule has 1 unspecified atom stereocenters. The first-order valence-corrected chi connectivity index (χ1v) is 4.75. The van der Waals surface area contributed by atoms with E-state index in [2.05, 4.69) is 10.3 Å². The molecule has 82 valence electrons. The van der Waals surface area contributed by atoms with Gasteiger partial charge in [-0.15, -0.1) is 0 Å². The zero-order valence-corrected chi connectivity index (χ0v) is 8.47. The number of hydrogen-bond donors (Lipinski definition) is 3. The fourth-order valence-corrected chi connectivity index (χ4v) is 1.02. The van der Waals surface area contributed by atoms with Crippen molar-refractivity contribution in [1.82, 2.24) is 4.98 Å². The molecule has 15 heavy (non-hydrogen) atoms. The summed E-state index contributed by atoms with van der Waals surface area (Å²) in [5.41, 5.74) is -0.00834. The summed E-state index contributed by atoms with van der Waals surface area (Å²) in [5.74, 6) is -0.600. The molecule has 0 aromatic carbocycles. The molecule has 0 aliphatic carbocycles. The number of carboxylic acid groups (broad SMARTS) is 1. The highest BCUT2D eigenvalue weighted by molar-refractivity contribution is 5.85. The van der Waals surface area contributed by atoms with E-state index in [1.807, 2.05) is 6.92 Å². The van der Waals surface area contributed by atoms with E-state index in [4.69, 9.17) is 5.11 Å². The van der Waals surface area contributed by atoms with Crippen LogP contribution in [0.4, 0.5) is 5.82 Å². The zero-order valence-electron chi connectivity index (χ0n) is 8.47. The Bertz CT molecular complexity index is 341. The van der Waals surface area contributed by atoms with Gasteiger partial charge < -0.3 is 15.5 Å². The van der Waals surface area contributed by atoms with Crippen molar-refractivity contribution in [3.05, 3.63) is 23.9 Å². The Kier molecular flexibility index (Phi) is 4.05. The Morgan fingerprint density at radius 3 is 2.93 bits per heavy atom. The summed E-state index contributed by atoms with van der Waals surface area (Å²) >= 11 is 0. The summed E-state index contributed by atoms with van der Waals surface area (Å²) in [6.07, 6.45) is 0.200. The van der Waals surface area contributed by atoms with E-state index in [0.717, 1.165) is 0 Å². The molecule has 0 aliphatic rings. The number of anilines is 1. The van der Waals surface area contributed by atoms with Gasteiger partial charge in [-0.1, -0.05) is 13.0 Å². The van der Waals surface area contributed by atoms with E-state index in [1.54, 1.807) is 12.1 Å². The van der Waals surface area contributed by atoms with Crippen molar-refractivity contribution in [3.8, 4) is 0 Å². The number of aliphatic hydroxyl groups is 1. The van der Waals surface area contributed by atoms with Crippen LogP contribution in [0.15, 0.2) is 18.2 Å². The second-order valence-corrected chi connectivity index (χ2v) is 3.16. The highest BCUT2D eigenvalue weighted by atomic mass is 16.4. The van der Waals surface area contributed by atoms with Gasteiger partial charge in [0.15, 0.2) is 5.69 Å². The van der Waals surface area contributed by atoms with Crippen molar-refractivity contribution in [2.24, 2.45) is 0 Å². The molecule has 0 bridgehead atoms. The van der Waals surface area contributed by atoms with Gasteiger partial charge in [0.2, 0.25) is 0 Å². The molecule has 1 rings (SSSR count). The van der Waals surface area contributed by atoms with Crippen LogP contribution in [0.3, 0.4) is 0 Å². The number of aromatic carboxylic acids is 1. The molecule has 1 atom stereocenters. The maximum atomic E-state index is 10.6. The number of pyridine rings is 1. The van der Waals surface area contributed by atoms with Crippen LogP contribution in [0.1, 0.15) is 23.8 Å². The molecule has 0 radical (unpaired) electrons. The molecule has 1 aromatic rings. The first kappa shape index (κ1) is 11.5. The summed E-state index contributed by atoms with van der Waals surface area (Å²) in [7, 11) is 0. The number of aromatic nitrogens is 1. The van der Waals surface area contributed by atoms with Crippen molar-refractivity contribution in [3.63, 3.8) is 0 Å². The van der Waals surface area contributed by atoms with Crippen molar-refractivity contribution >= 4 is 11.8 Å². The van der Waals surface area contributed by atoms with Gasteiger partial charge in [-0.25, -0.2) is 9.78 Å². The van der Waals surface area contributed by atoms with E-state index < -0.39 is 12.1 Å². The minimum atomic E-state index is -1.06. The van der Waals surface area contributed by atoms with Crippen LogP contribution in [0, 0.1) is 0 Å². The van der Waals surface area contributed by atoms with E-state index >= 15 is 0 Å². The third-order valence-electron chi connectivity index (χ3n) is 1.96. The summed E-state index contributed by atoms with van der Waals surface area (Å²) in [5, 5.41) is 20.9. The van der Waals surface area contributed by atoms with E-state index in [-0.39, 0.29) is 5.69 Å². The number of carboxylic acids is 1. The molecule has 0 amide bonds. The molecule has 5 nitrogen and oxygen atoms in total. The van der Waals surface area contributed by atoms with Crippen molar-refractivity contribution in [1.29, 1.82) is 0 Å². The van der Waals surface area contributed by atoms with E-state index in [9.17, 15) is 9.90 Å². The quantitative estimate of drug-likeness (QED) is 0.674. The van der Waals surface area contributed by atoms with Gasteiger partial charge in [0, 0.05) is 6.54 Å². The molecular formula is C10H14N2O3. The standard InChI is InChI=1S/C10H14N2O3/c1-2-7(13)6-11-9-5-3-4-8(12-9)10(14)15/h3-5,7,13H,2,6H2,1H3,(H,11,12)(H,14,15). The molecule has 0 fully saturated rings. The SMILES string of the molecule is CCC(O)CNc1cccc(C(=O)O)n1. The maximum absolute atomic E-state index is 10.6. The summed E-state index contributed by atoms with van der Waals surface area (Å²) in [4.78, 5) is 14.5. The van der Waals surface area contributed by atoms with Crippen molar-refractivity contribution in [2.75, 3.05) is 11.9 Å². The lowest BCUT2D eigenvalue weighted by Crippen LogP contribution is -2.19. The van der Waals surface area contributed by atoms with Gasteiger partial charge in [-0.05, 0) is 18.6 Å². The first-order chi connectivity index (χ1) is 7.13. The molecule has 0 aliphatic heterocycles. The molecule has 1 aromatic heterocycles. The average Bonchev–Trinajstić information content (AvgIpc) is 2.26. The lowest BCUT2D eigenvalue weighted by Gasteiger charge is -2.09. The molecule has 0 saturated carbocycles. The minimum Gasteiger partial charge on any atom is -0.477 e. The number of hydrogen-bond acceptors (Lipinski definition) is 4. The Labute approximate surface area is 87.8 Å². The Balaban J connectivity index is 2.62. The Morgan fingerprint density at radius 2 is 2.33 bits per heavy atom. The van der Waals surface area contributed by atoms with Gasteiger partial charge in [0.25, 0.3) is 0 Å². The van der Waals surface area contributed by atoms with Crippen LogP contribution in [-0.2, 0) is 0 Å². The lowest BCUT2D eigenvalue weighted by atomic mass is 10.3. The number of aliphatic hydroxyl groups excluding tert-OH is 1. The predicted octanol–water partition coefficient (Wildman–Crippen LogP) is 0.963. The van der Waals surface area contributed by atoms with Crippen molar-refractivity contribution in [2.45, 2.75) is 19.4 Å². The second-order valence-electron chi connectivity index (χ2n) is 3.16. The maximum Gasteiger partial charge on any atom is 0.354 e. The molecule has 1 heterocycles. The van der Waals surface area contributed by atoms with Crippen LogP contribution in [-0.4, -0.2) is 33.8 Å². The number of rotatable bonds is 5. The summed E-state index contributed by atoms with van der Waals surface area (Å²) in [6.45, 7) is 2.24. The third kappa shape index (κ3) is 3.55. The van der Waals surface area contributed by atoms with Crippen LogP contribution >= 0.6 is 0 Å². The second kappa shape index (κ2) is 5.31. The smallest absolute Gasteiger partial charge is 0.354 e. The van der Waals surface area contributed by atoms with Gasteiger partial charge in [0.1, 0.15) is 5.82 Å². The summed E-state index contributed by atoms with van der Waals surface area (Å²) < 4.78 is 0. The molecular weight excluding hydrogens is 196 g/mol. The molecule has 5 heteroatoms. The normalized spacial score (nSPS) is 12.1. The van der Waals surface area contributed by atoms with Crippen LogP contribution in [0.2, 0.25) is 0 Å². The van der Waals surface area contributed by atoms with Crippen molar-refractivity contribution < 1.29 is 15.0 Å². The minimum absolute atomic E-state index is 0.00834. The average molecular weight is 210 g/mol. The zero-order chi connectivity index (χ0) is 11.3. The van der Waals surface area contributed by atoms with Crippen LogP contribution in [0.5, 0.6) is 0 Å². The third-order valence-corrected chi connectivity index (χ3v) is 1.96. The Hall–Kier alpha value is -1.62. The highest BCUT2D eigenvalue weighted by Crippen LogP contribution is 2.05.